The standard InChI is InChI=1S/C16H25BrN2O.ClH/c1-11(19-15(20)14(18)16(2,3)4)5-6-12-7-9-13(17)10-8-12;/h7-11,14H,5-6,18H2,1-4H3,(H,19,20);1H/t11?,14-;/m1./s1. The minimum Gasteiger partial charge on any atom is -0.352 e. The van der Waals surface area contributed by atoms with Gasteiger partial charge in [0.05, 0.1) is 6.04 Å². The van der Waals surface area contributed by atoms with Crippen LogP contribution in [0.2, 0.25) is 0 Å². The fourth-order valence-corrected chi connectivity index (χ4v) is 2.10. The summed E-state index contributed by atoms with van der Waals surface area (Å²) in [4.78, 5) is 12.0. The number of amides is 1. The van der Waals surface area contributed by atoms with Gasteiger partial charge in [0.2, 0.25) is 5.91 Å². The zero-order valence-electron chi connectivity index (χ0n) is 13.2. The van der Waals surface area contributed by atoms with E-state index >= 15 is 0 Å². The highest BCUT2D eigenvalue weighted by molar-refractivity contribution is 9.10. The number of nitrogens with one attached hydrogen (secondary N) is 1. The van der Waals surface area contributed by atoms with Crippen molar-refractivity contribution in [2.75, 3.05) is 0 Å². The molecule has 0 aliphatic rings. The molecule has 0 bridgehead atoms. The number of hydrogen-bond acceptors (Lipinski definition) is 2. The molecule has 21 heavy (non-hydrogen) atoms. The van der Waals surface area contributed by atoms with E-state index in [0.29, 0.717) is 0 Å². The van der Waals surface area contributed by atoms with Gasteiger partial charge in [0.25, 0.3) is 0 Å². The third kappa shape index (κ3) is 7.30. The van der Waals surface area contributed by atoms with Gasteiger partial charge in [-0.3, -0.25) is 4.79 Å². The van der Waals surface area contributed by atoms with Crippen molar-refractivity contribution in [3.05, 3.63) is 34.3 Å². The lowest BCUT2D eigenvalue weighted by Gasteiger charge is -2.27. The van der Waals surface area contributed by atoms with Gasteiger partial charge >= 0.3 is 0 Å². The molecule has 1 rings (SSSR count). The highest BCUT2D eigenvalue weighted by Gasteiger charge is 2.27. The Morgan fingerprint density at radius 2 is 1.81 bits per heavy atom. The summed E-state index contributed by atoms with van der Waals surface area (Å²) in [6.07, 6.45) is 1.85. The van der Waals surface area contributed by atoms with E-state index in [9.17, 15) is 4.79 Å². The van der Waals surface area contributed by atoms with Gasteiger partial charge in [0, 0.05) is 10.5 Å². The van der Waals surface area contributed by atoms with E-state index in [1.807, 2.05) is 39.8 Å². The second-order valence-electron chi connectivity index (χ2n) is 6.42. The Morgan fingerprint density at radius 1 is 1.29 bits per heavy atom. The molecular weight excluding hydrogens is 352 g/mol. The quantitative estimate of drug-likeness (QED) is 0.822. The summed E-state index contributed by atoms with van der Waals surface area (Å²) in [5, 5.41) is 2.99. The number of hydrogen-bond donors (Lipinski definition) is 2. The third-order valence-electron chi connectivity index (χ3n) is 3.38. The summed E-state index contributed by atoms with van der Waals surface area (Å²) in [7, 11) is 0. The van der Waals surface area contributed by atoms with E-state index in [-0.39, 0.29) is 29.8 Å². The van der Waals surface area contributed by atoms with Crippen molar-refractivity contribution in [3.63, 3.8) is 0 Å². The van der Waals surface area contributed by atoms with Crippen molar-refractivity contribution in [1.29, 1.82) is 0 Å². The fourth-order valence-electron chi connectivity index (χ4n) is 1.83. The topological polar surface area (TPSA) is 55.1 Å². The number of rotatable bonds is 5. The monoisotopic (exact) mass is 376 g/mol. The number of halogens is 2. The summed E-state index contributed by atoms with van der Waals surface area (Å²) in [5.41, 5.74) is 7.01. The van der Waals surface area contributed by atoms with E-state index in [4.69, 9.17) is 5.73 Å². The van der Waals surface area contributed by atoms with Crippen LogP contribution in [0.15, 0.2) is 28.7 Å². The Morgan fingerprint density at radius 3 is 2.29 bits per heavy atom. The molecule has 0 saturated carbocycles. The first-order chi connectivity index (χ1) is 9.20. The molecule has 0 aliphatic carbocycles. The molecule has 3 nitrogen and oxygen atoms in total. The molecule has 0 spiro atoms. The number of aryl methyl sites for hydroxylation is 1. The van der Waals surface area contributed by atoms with E-state index in [1.54, 1.807) is 0 Å². The van der Waals surface area contributed by atoms with Gasteiger partial charge in [-0.15, -0.1) is 12.4 Å². The van der Waals surface area contributed by atoms with Crippen LogP contribution in [0.3, 0.4) is 0 Å². The van der Waals surface area contributed by atoms with E-state index in [0.717, 1.165) is 17.3 Å². The minimum absolute atomic E-state index is 0. The smallest absolute Gasteiger partial charge is 0.237 e. The van der Waals surface area contributed by atoms with Gasteiger partial charge < -0.3 is 11.1 Å². The van der Waals surface area contributed by atoms with Crippen LogP contribution in [-0.2, 0) is 11.2 Å². The SMILES string of the molecule is CC(CCc1ccc(Br)cc1)NC(=O)[C@@H](N)C(C)(C)C.Cl. The van der Waals surface area contributed by atoms with Gasteiger partial charge in [-0.2, -0.15) is 0 Å². The zero-order valence-corrected chi connectivity index (χ0v) is 15.6. The van der Waals surface area contributed by atoms with Crippen molar-refractivity contribution in [1.82, 2.24) is 5.32 Å². The van der Waals surface area contributed by atoms with Gasteiger partial charge in [-0.1, -0.05) is 48.8 Å². The first-order valence-electron chi connectivity index (χ1n) is 7.00. The fraction of sp³-hybridized carbons (Fsp3) is 0.562. The zero-order chi connectivity index (χ0) is 15.3. The summed E-state index contributed by atoms with van der Waals surface area (Å²) in [6.45, 7) is 7.95. The Hall–Kier alpha value is -0.580. The van der Waals surface area contributed by atoms with Gasteiger partial charge in [0.1, 0.15) is 0 Å². The second-order valence-corrected chi connectivity index (χ2v) is 7.33. The average molecular weight is 378 g/mol. The number of carbonyl (C=O) groups is 1. The van der Waals surface area contributed by atoms with Crippen molar-refractivity contribution >= 4 is 34.2 Å². The normalized spacial score (nSPS) is 14.0. The van der Waals surface area contributed by atoms with E-state index in [1.165, 1.54) is 5.56 Å². The molecule has 0 aliphatic heterocycles. The molecule has 1 aromatic rings. The second kappa shape index (κ2) is 8.76. The molecular formula is C16H26BrClN2O. The van der Waals surface area contributed by atoms with Crippen LogP contribution < -0.4 is 11.1 Å². The van der Waals surface area contributed by atoms with E-state index in [2.05, 4.69) is 33.4 Å². The van der Waals surface area contributed by atoms with Crippen LogP contribution in [0.25, 0.3) is 0 Å². The first-order valence-corrected chi connectivity index (χ1v) is 7.80. The molecule has 0 aromatic heterocycles. The molecule has 5 heteroatoms. The lowest BCUT2D eigenvalue weighted by atomic mass is 9.87. The first kappa shape index (κ1) is 20.4. The minimum atomic E-state index is -0.474. The summed E-state index contributed by atoms with van der Waals surface area (Å²) in [6, 6.07) is 7.92. The lowest BCUT2D eigenvalue weighted by Crippen LogP contribution is -2.50. The van der Waals surface area contributed by atoms with Gasteiger partial charge in [-0.05, 0) is 42.9 Å². The highest BCUT2D eigenvalue weighted by atomic mass is 79.9. The molecule has 0 radical (unpaired) electrons. The molecule has 1 aromatic carbocycles. The molecule has 0 heterocycles. The van der Waals surface area contributed by atoms with Crippen molar-refractivity contribution in [2.45, 2.75) is 52.6 Å². The predicted molar refractivity (Wildman–Crippen MR) is 94.7 cm³/mol. The van der Waals surface area contributed by atoms with Crippen molar-refractivity contribution < 1.29 is 4.79 Å². The summed E-state index contributed by atoms with van der Waals surface area (Å²) < 4.78 is 1.08. The third-order valence-corrected chi connectivity index (χ3v) is 3.91. The molecule has 0 saturated heterocycles. The van der Waals surface area contributed by atoms with Gasteiger partial charge in [0.15, 0.2) is 0 Å². The number of benzene rings is 1. The molecule has 2 atom stereocenters. The van der Waals surface area contributed by atoms with Crippen LogP contribution in [0.5, 0.6) is 0 Å². The molecule has 120 valence electrons. The van der Waals surface area contributed by atoms with Gasteiger partial charge in [-0.25, -0.2) is 0 Å². The average Bonchev–Trinajstić information content (AvgIpc) is 2.36. The molecule has 3 N–H and O–H groups in total. The molecule has 0 fully saturated rings. The largest absolute Gasteiger partial charge is 0.352 e. The number of nitrogens with two attached hydrogens (primary N) is 1. The Labute approximate surface area is 142 Å². The highest BCUT2D eigenvalue weighted by Crippen LogP contribution is 2.17. The maximum absolute atomic E-state index is 12.0. The Kier molecular flexibility index (Phi) is 8.52. The van der Waals surface area contributed by atoms with Crippen molar-refractivity contribution in [3.8, 4) is 0 Å². The maximum Gasteiger partial charge on any atom is 0.237 e. The summed E-state index contributed by atoms with van der Waals surface area (Å²) >= 11 is 3.42. The molecule has 1 amide bonds. The maximum atomic E-state index is 12.0. The Bertz CT molecular complexity index is 443. The van der Waals surface area contributed by atoms with Crippen LogP contribution >= 0.6 is 28.3 Å². The predicted octanol–water partition coefficient (Wildman–Crippen LogP) is 3.68. The van der Waals surface area contributed by atoms with Crippen LogP contribution in [0, 0.1) is 5.41 Å². The van der Waals surface area contributed by atoms with Crippen LogP contribution in [0.4, 0.5) is 0 Å². The Balaban J connectivity index is 0.00000400. The van der Waals surface area contributed by atoms with Crippen LogP contribution in [0.1, 0.15) is 39.7 Å². The summed E-state index contributed by atoms with van der Waals surface area (Å²) in [5.74, 6) is -0.0687. The molecule has 1 unspecified atom stereocenters. The lowest BCUT2D eigenvalue weighted by molar-refractivity contribution is -0.125. The van der Waals surface area contributed by atoms with Crippen molar-refractivity contribution in [2.24, 2.45) is 11.1 Å². The van der Waals surface area contributed by atoms with Crippen LogP contribution in [-0.4, -0.2) is 18.0 Å². The van der Waals surface area contributed by atoms with E-state index < -0.39 is 6.04 Å². The number of carbonyl (C=O) groups excluding carboxylic acids is 1.